The number of nitrogens with zero attached hydrogens (tertiary/aromatic N) is 1. The third-order valence-electron chi connectivity index (χ3n) is 4.75. The molecule has 2 aliphatic rings. The molecule has 1 aliphatic carbocycles. The summed E-state index contributed by atoms with van der Waals surface area (Å²) < 4.78 is 37.4. The summed E-state index contributed by atoms with van der Waals surface area (Å²) in [6.07, 6.45) is -2.10. The zero-order valence-electron chi connectivity index (χ0n) is 14.0. The van der Waals surface area contributed by atoms with Crippen molar-refractivity contribution in [2.24, 2.45) is 5.92 Å². The van der Waals surface area contributed by atoms with Crippen molar-refractivity contribution in [1.82, 2.24) is 10.2 Å². The van der Waals surface area contributed by atoms with E-state index in [0.717, 1.165) is 30.4 Å². The summed E-state index contributed by atoms with van der Waals surface area (Å²) in [7, 11) is 0. The molecule has 1 heterocycles. The van der Waals surface area contributed by atoms with Gasteiger partial charge in [-0.15, -0.1) is 12.4 Å². The average molecular weight is 392 g/mol. The number of carbonyl (C=O) groups is 2. The SMILES string of the molecule is Cl.Nc1ccc2c(c1)CCCC2NC(=O)C1CC(=O)N(CC(F)(F)F)C1. The molecule has 9 heteroatoms. The van der Waals surface area contributed by atoms with E-state index < -0.39 is 24.5 Å². The molecule has 0 bridgehead atoms. The molecule has 0 aromatic heterocycles. The van der Waals surface area contributed by atoms with Crippen molar-refractivity contribution < 1.29 is 22.8 Å². The van der Waals surface area contributed by atoms with Crippen molar-refractivity contribution >= 4 is 29.9 Å². The summed E-state index contributed by atoms with van der Waals surface area (Å²) in [6, 6.07) is 5.35. The number of nitrogens with two attached hydrogens (primary N) is 1. The number of likely N-dealkylation sites (tertiary alicyclic amines) is 1. The van der Waals surface area contributed by atoms with Crippen molar-refractivity contribution in [3.63, 3.8) is 0 Å². The van der Waals surface area contributed by atoms with Gasteiger partial charge in [-0.3, -0.25) is 9.59 Å². The van der Waals surface area contributed by atoms with Crippen LogP contribution in [0.15, 0.2) is 18.2 Å². The quantitative estimate of drug-likeness (QED) is 0.778. The number of halogens is 4. The van der Waals surface area contributed by atoms with Gasteiger partial charge in [0.25, 0.3) is 0 Å². The molecular weight excluding hydrogens is 371 g/mol. The highest BCUT2D eigenvalue weighted by atomic mass is 35.5. The summed E-state index contributed by atoms with van der Waals surface area (Å²) >= 11 is 0. The molecule has 1 aromatic carbocycles. The van der Waals surface area contributed by atoms with Crippen molar-refractivity contribution in [1.29, 1.82) is 0 Å². The Morgan fingerprint density at radius 3 is 2.77 bits per heavy atom. The maximum Gasteiger partial charge on any atom is 0.406 e. The molecule has 1 saturated heterocycles. The summed E-state index contributed by atoms with van der Waals surface area (Å²) in [5.41, 5.74) is 8.52. The second-order valence-electron chi connectivity index (χ2n) is 6.70. The highest BCUT2D eigenvalue weighted by molar-refractivity contribution is 5.89. The van der Waals surface area contributed by atoms with Gasteiger partial charge >= 0.3 is 6.18 Å². The Kier molecular flexibility index (Phi) is 6.05. The number of benzene rings is 1. The van der Waals surface area contributed by atoms with Crippen LogP contribution in [-0.2, 0) is 16.0 Å². The fraction of sp³-hybridized carbons (Fsp3) is 0.529. The molecule has 5 nitrogen and oxygen atoms in total. The average Bonchev–Trinajstić information content (AvgIpc) is 2.86. The lowest BCUT2D eigenvalue weighted by Gasteiger charge is -2.27. The number of nitrogen functional groups attached to an aromatic ring is 1. The number of rotatable bonds is 3. The van der Waals surface area contributed by atoms with E-state index in [4.69, 9.17) is 5.73 Å². The van der Waals surface area contributed by atoms with Gasteiger partial charge in [0.05, 0.1) is 12.0 Å². The lowest BCUT2D eigenvalue weighted by molar-refractivity contribution is -0.157. The zero-order valence-corrected chi connectivity index (χ0v) is 14.8. The highest BCUT2D eigenvalue weighted by Gasteiger charge is 2.41. The minimum Gasteiger partial charge on any atom is -0.399 e. The van der Waals surface area contributed by atoms with Gasteiger partial charge in [-0.1, -0.05) is 6.07 Å². The second kappa shape index (κ2) is 7.73. The van der Waals surface area contributed by atoms with Gasteiger partial charge in [-0.05, 0) is 42.5 Å². The normalized spacial score (nSPS) is 22.6. The van der Waals surface area contributed by atoms with Crippen LogP contribution < -0.4 is 11.1 Å². The van der Waals surface area contributed by atoms with Crippen LogP contribution in [0.5, 0.6) is 0 Å². The van der Waals surface area contributed by atoms with E-state index in [2.05, 4.69) is 5.32 Å². The van der Waals surface area contributed by atoms with E-state index in [9.17, 15) is 22.8 Å². The first-order chi connectivity index (χ1) is 11.7. The fourth-order valence-corrected chi connectivity index (χ4v) is 3.59. The van der Waals surface area contributed by atoms with E-state index in [1.54, 1.807) is 6.07 Å². The first kappa shape index (κ1) is 20.4. The van der Waals surface area contributed by atoms with Gasteiger partial charge in [-0.2, -0.15) is 13.2 Å². The third kappa shape index (κ3) is 4.60. The number of nitrogens with one attached hydrogen (secondary N) is 1. The van der Waals surface area contributed by atoms with E-state index >= 15 is 0 Å². The number of carbonyl (C=O) groups excluding carboxylic acids is 2. The Bertz CT molecular complexity index is 696. The summed E-state index contributed by atoms with van der Waals surface area (Å²) in [5.74, 6) is -1.74. The largest absolute Gasteiger partial charge is 0.406 e. The molecule has 3 rings (SSSR count). The topological polar surface area (TPSA) is 75.4 Å². The molecule has 0 saturated carbocycles. The molecule has 1 fully saturated rings. The van der Waals surface area contributed by atoms with Crippen LogP contribution in [0, 0.1) is 5.92 Å². The molecule has 3 N–H and O–H groups in total. The van der Waals surface area contributed by atoms with Gasteiger partial charge in [0.15, 0.2) is 0 Å². The van der Waals surface area contributed by atoms with E-state index in [-0.39, 0.29) is 37.3 Å². The minimum absolute atomic E-state index is 0. The summed E-state index contributed by atoms with van der Waals surface area (Å²) in [6.45, 7) is -1.49. The second-order valence-corrected chi connectivity index (χ2v) is 6.70. The lowest BCUT2D eigenvalue weighted by Crippen LogP contribution is -2.38. The number of hydrogen-bond donors (Lipinski definition) is 2. The first-order valence-electron chi connectivity index (χ1n) is 8.26. The standard InChI is InChI=1S/C17H20F3N3O2.ClH/c18-17(19,20)9-23-8-11(7-15(23)24)16(25)22-14-3-1-2-10-6-12(21)4-5-13(10)14;/h4-6,11,14H,1-3,7-9,21H2,(H,22,25);1H. The molecule has 0 radical (unpaired) electrons. The molecular formula is C17H21ClF3N3O2. The number of fused-ring (bicyclic) bond motifs is 1. The van der Waals surface area contributed by atoms with Crippen LogP contribution in [-0.4, -0.2) is 36.0 Å². The van der Waals surface area contributed by atoms with Crippen LogP contribution in [0.4, 0.5) is 18.9 Å². The maximum atomic E-state index is 12.5. The van der Waals surface area contributed by atoms with Crippen LogP contribution >= 0.6 is 12.4 Å². The van der Waals surface area contributed by atoms with E-state index in [0.29, 0.717) is 10.6 Å². The molecule has 0 spiro atoms. The van der Waals surface area contributed by atoms with Crippen molar-refractivity contribution in [3.8, 4) is 0 Å². The van der Waals surface area contributed by atoms with Crippen molar-refractivity contribution in [3.05, 3.63) is 29.3 Å². The van der Waals surface area contributed by atoms with Gasteiger partial charge in [0.1, 0.15) is 6.54 Å². The van der Waals surface area contributed by atoms with Crippen LogP contribution in [0.1, 0.15) is 36.4 Å². The number of alkyl halides is 3. The van der Waals surface area contributed by atoms with Crippen LogP contribution in [0.25, 0.3) is 0 Å². The first-order valence-corrected chi connectivity index (χ1v) is 8.26. The van der Waals surface area contributed by atoms with Gasteiger partial charge in [-0.25, -0.2) is 0 Å². The molecule has 1 aromatic rings. The van der Waals surface area contributed by atoms with E-state index in [1.165, 1.54) is 0 Å². The fourth-order valence-electron chi connectivity index (χ4n) is 3.59. The monoisotopic (exact) mass is 391 g/mol. The molecule has 1 aliphatic heterocycles. The molecule has 144 valence electrons. The molecule has 26 heavy (non-hydrogen) atoms. The number of anilines is 1. The van der Waals surface area contributed by atoms with Gasteiger partial charge in [0, 0.05) is 18.7 Å². The summed E-state index contributed by atoms with van der Waals surface area (Å²) in [5, 5.41) is 2.90. The number of amides is 2. The third-order valence-corrected chi connectivity index (χ3v) is 4.75. The summed E-state index contributed by atoms with van der Waals surface area (Å²) in [4.78, 5) is 24.9. The lowest BCUT2D eigenvalue weighted by atomic mass is 9.87. The number of hydrogen-bond acceptors (Lipinski definition) is 3. The minimum atomic E-state index is -4.46. The smallest absolute Gasteiger partial charge is 0.399 e. The highest BCUT2D eigenvalue weighted by Crippen LogP contribution is 2.32. The van der Waals surface area contributed by atoms with Crippen molar-refractivity contribution in [2.45, 2.75) is 37.9 Å². The predicted molar refractivity (Wildman–Crippen MR) is 92.7 cm³/mol. The number of aryl methyl sites for hydroxylation is 1. The van der Waals surface area contributed by atoms with Crippen LogP contribution in [0.3, 0.4) is 0 Å². The Hall–Kier alpha value is -1.96. The Labute approximate surface area is 155 Å². The van der Waals surface area contributed by atoms with Crippen LogP contribution in [0.2, 0.25) is 0 Å². The molecule has 2 atom stereocenters. The van der Waals surface area contributed by atoms with E-state index in [1.807, 2.05) is 12.1 Å². The Balaban J connectivity index is 0.00000243. The Morgan fingerprint density at radius 1 is 1.35 bits per heavy atom. The van der Waals surface area contributed by atoms with Gasteiger partial charge < -0.3 is 16.0 Å². The van der Waals surface area contributed by atoms with Crippen molar-refractivity contribution in [2.75, 3.05) is 18.8 Å². The Morgan fingerprint density at radius 2 is 2.08 bits per heavy atom. The maximum absolute atomic E-state index is 12.5. The zero-order chi connectivity index (χ0) is 18.2. The molecule has 2 amide bonds. The predicted octanol–water partition coefficient (Wildman–Crippen LogP) is 2.60. The molecule has 2 unspecified atom stereocenters. The van der Waals surface area contributed by atoms with Gasteiger partial charge in [0.2, 0.25) is 11.8 Å².